The normalized spacial score (nSPS) is 18.5. The summed E-state index contributed by atoms with van der Waals surface area (Å²) in [6.07, 6.45) is 1.86. The number of aldehydes is 1. The lowest BCUT2D eigenvalue weighted by atomic mass is 9.64. The number of hydrogen-bond donors (Lipinski definition) is 0. The third kappa shape index (κ3) is 6.19. The molecule has 6 heteroatoms. The van der Waals surface area contributed by atoms with Gasteiger partial charge in [0.05, 0.1) is 5.92 Å². The average Bonchev–Trinajstić information content (AvgIpc) is 2.89. The molecule has 3 aromatic carbocycles. The van der Waals surface area contributed by atoms with Crippen molar-refractivity contribution < 1.29 is 23.9 Å². The number of esters is 1. The fraction of sp³-hybridized carbons (Fsp3) is 0.300. The van der Waals surface area contributed by atoms with Crippen LogP contribution in [0.1, 0.15) is 30.9 Å². The van der Waals surface area contributed by atoms with Crippen LogP contribution in [0.3, 0.4) is 0 Å². The Bertz CT molecular complexity index is 1150. The molecule has 1 aliphatic carbocycles. The maximum absolute atomic E-state index is 13.3. The van der Waals surface area contributed by atoms with Crippen molar-refractivity contribution in [3.63, 3.8) is 0 Å². The van der Waals surface area contributed by atoms with Crippen LogP contribution < -0.4 is 4.74 Å². The number of nitrogens with zero attached hydrogens (tertiary/aromatic N) is 1. The van der Waals surface area contributed by atoms with Crippen LogP contribution in [-0.2, 0) is 32.3 Å². The molecule has 0 N–H and O–H groups in total. The molecule has 0 saturated heterocycles. The molecule has 0 spiro atoms. The van der Waals surface area contributed by atoms with E-state index in [-0.39, 0.29) is 12.5 Å². The highest BCUT2D eigenvalue weighted by Gasteiger charge is 2.50. The van der Waals surface area contributed by atoms with Crippen LogP contribution in [0.25, 0.3) is 0 Å². The van der Waals surface area contributed by atoms with Crippen molar-refractivity contribution >= 4 is 18.2 Å². The molecule has 0 bridgehead atoms. The minimum absolute atomic E-state index is 0.0920. The number of amides is 1. The number of rotatable bonds is 11. The highest BCUT2D eigenvalue weighted by Crippen LogP contribution is 2.41. The molecule has 0 aliphatic heterocycles. The molecule has 1 fully saturated rings. The van der Waals surface area contributed by atoms with E-state index in [2.05, 4.69) is 0 Å². The summed E-state index contributed by atoms with van der Waals surface area (Å²) < 4.78 is 11.3. The molecular formula is C30H31NO5. The Labute approximate surface area is 211 Å². The van der Waals surface area contributed by atoms with Crippen molar-refractivity contribution in [3.8, 4) is 11.5 Å². The maximum atomic E-state index is 13.3. The van der Waals surface area contributed by atoms with Gasteiger partial charge in [-0.2, -0.15) is 0 Å². The fourth-order valence-corrected chi connectivity index (χ4v) is 4.50. The molecule has 1 aliphatic rings. The molecule has 1 amide bonds. The van der Waals surface area contributed by atoms with Gasteiger partial charge >= 0.3 is 5.97 Å². The van der Waals surface area contributed by atoms with E-state index in [1.54, 1.807) is 4.90 Å². The van der Waals surface area contributed by atoms with Gasteiger partial charge in [-0.05, 0) is 48.2 Å². The topological polar surface area (TPSA) is 72.9 Å². The van der Waals surface area contributed by atoms with E-state index in [1.807, 2.05) is 91.9 Å². The van der Waals surface area contributed by atoms with E-state index in [0.29, 0.717) is 19.5 Å². The largest absolute Gasteiger partial charge is 0.461 e. The molecule has 6 nitrogen and oxygen atoms in total. The molecule has 3 atom stereocenters. The first-order valence-corrected chi connectivity index (χ1v) is 12.4. The van der Waals surface area contributed by atoms with Crippen LogP contribution in [0.5, 0.6) is 11.5 Å². The summed E-state index contributed by atoms with van der Waals surface area (Å²) in [4.78, 5) is 39.5. The van der Waals surface area contributed by atoms with Crippen LogP contribution in [0.2, 0.25) is 0 Å². The second-order valence-electron chi connectivity index (χ2n) is 9.07. The SMILES string of the molecule is CCCN(Cc1ccc(Oc2ccccc2)cc1)C(=O)C1CC(C(=O)OCc2ccccc2)C1C=O. The molecular weight excluding hydrogens is 454 g/mol. The molecule has 3 unspecified atom stereocenters. The Morgan fingerprint density at radius 3 is 2.14 bits per heavy atom. The van der Waals surface area contributed by atoms with Crippen molar-refractivity contribution in [2.24, 2.45) is 17.8 Å². The predicted octanol–water partition coefficient (Wildman–Crippen LogP) is 5.41. The van der Waals surface area contributed by atoms with Gasteiger partial charge in [0.25, 0.3) is 0 Å². The third-order valence-electron chi connectivity index (χ3n) is 6.52. The van der Waals surface area contributed by atoms with Crippen LogP contribution in [0.15, 0.2) is 84.9 Å². The molecule has 3 aromatic rings. The Hall–Kier alpha value is -3.93. The van der Waals surface area contributed by atoms with Crippen molar-refractivity contribution in [3.05, 3.63) is 96.1 Å². The van der Waals surface area contributed by atoms with Gasteiger partial charge in [0.1, 0.15) is 24.4 Å². The van der Waals surface area contributed by atoms with Gasteiger partial charge in [-0.15, -0.1) is 0 Å². The number of carbonyl (C=O) groups excluding carboxylic acids is 3. The predicted molar refractivity (Wildman–Crippen MR) is 136 cm³/mol. The van der Waals surface area contributed by atoms with Gasteiger partial charge in [-0.1, -0.05) is 67.6 Å². The standard InChI is InChI=1S/C30H31NO5/c1-2-17-31(19-22-13-15-25(16-14-22)36-24-11-7-4-8-12-24)29(33)26-18-27(28(26)20-32)30(34)35-21-23-9-5-3-6-10-23/h3-16,20,26-28H,2,17-19,21H2,1H3. The highest BCUT2D eigenvalue weighted by atomic mass is 16.5. The van der Waals surface area contributed by atoms with Crippen molar-refractivity contribution in [2.75, 3.05) is 6.54 Å². The van der Waals surface area contributed by atoms with Gasteiger partial charge in [-0.3, -0.25) is 9.59 Å². The van der Waals surface area contributed by atoms with Gasteiger partial charge in [0, 0.05) is 24.9 Å². The zero-order chi connectivity index (χ0) is 25.3. The molecule has 186 valence electrons. The maximum Gasteiger partial charge on any atom is 0.310 e. The minimum Gasteiger partial charge on any atom is -0.461 e. The second kappa shape index (κ2) is 12.2. The Kier molecular flexibility index (Phi) is 8.50. The number of benzene rings is 3. The monoisotopic (exact) mass is 485 g/mol. The van der Waals surface area contributed by atoms with Gasteiger partial charge in [0.15, 0.2) is 0 Å². The van der Waals surface area contributed by atoms with Crippen LogP contribution in [0, 0.1) is 17.8 Å². The lowest BCUT2D eigenvalue weighted by Gasteiger charge is -2.41. The number of hydrogen-bond acceptors (Lipinski definition) is 5. The van der Waals surface area contributed by atoms with Crippen molar-refractivity contribution in [1.29, 1.82) is 0 Å². The zero-order valence-electron chi connectivity index (χ0n) is 20.4. The second-order valence-corrected chi connectivity index (χ2v) is 9.07. The number of para-hydroxylation sites is 1. The smallest absolute Gasteiger partial charge is 0.310 e. The molecule has 1 saturated carbocycles. The van der Waals surface area contributed by atoms with Gasteiger partial charge in [-0.25, -0.2) is 0 Å². The lowest BCUT2D eigenvalue weighted by molar-refractivity contribution is -0.166. The minimum atomic E-state index is -0.651. The molecule has 36 heavy (non-hydrogen) atoms. The van der Waals surface area contributed by atoms with E-state index < -0.39 is 23.7 Å². The van der Waals surface area contributed by atoms with Gasteiger partial charge in [0.2, 0.25) is 5.91 Å². The van der Waals surface area contributed by atoms with E-state index in [4.69, 9.17) is 9.47 Å². The first kappa shape index (κ1) is 25.2. The molecule has 4 rings (SSSR count). The van der Waals surface area contributed by atoms with Crippen LogP contribution in [0.4, 0.5) is 0 Å². The van der Waals surface area contributed by atoms with Crippen LogP contribution >= 0.6 is 0 Å². The first-order valence-electron chi connectivity index (χ1n) is 12.4. The third-order valence-corrected chi connectivity index (χ3v) is 6.52. The zero-order valence-corrected chi connectivity index (χ0v) is 20.4. The van der Waals surface area contributed by atoms with Crippen molar-refractivity contribution in [2.45, 2.75) is 32.9 Å². The summed E-state index contributed by atoms with van der Waals surface area (Å²) in [6.45, 7) is 3.18. The Balaban J connectivity index is 1.34. The summed E-state index contributed by atoms with van der Waals surface area (Å²) in [5, 5.41) is 0. The molecule has 0 radical (unpaired) electrons. The van der Waals surface area contributed by atoms with E-state index in [0.717, 1.165) is 35.3 Å². The van der Waals surface area contributed by atoms with Crippen LogP contribution in [-0.4, -0.2) is 29.6 Å². The quantitative estimate of drug-likeness (QED) is 0.268. The summed E-state index contributed by atoms with van der Waals surface area (Å²) in [7, 11) is 0. The summed E-state index contributed by atoms with van der Waals surface area (Å²) in [5.41, 5.74) is 1.85. The fourth-order valence-electron chi connectivity index (χ4n) is 4.50. The highest BCUT2D eigenvalue weighted by molar-refractivity contribution is 5.89. The lowest BCUT2D eigenvalue weighted by Crippen LogP contribution is -2.51. The summed E-state index contributed by atoms with van der Waals surface area (Å²) in [6, 6.07) is 26.6. The average molecular weight is 486 g/mol. The Morgan fingerprint density at radius 1 is 0.861 bits per heavy atom. The first-order chi connectivity index (χ1) is 17.6. The molecule has 0 aromatic heterocycles. The van der Waals surface area contributed by atoms with E-state index >= 15 is 0 Å². The van der Waals surface area contributed by atoms with E-state index in [9.17, 15) is 14.4 Å². The number of carbonyl (C=O) groups is 3. The summed E-state index contributed by atoms with van der Waals surface area (Å²) in [5.74, 6) is -0.754. The Morgan fingerprint density at radius 2 is 1.50 bits per heavy atom. The van der Waals surface area contributed by atoms with E-state index in [1.165, 1.54) is 0 Å². The summed E-state index contributed by atoms with van der Waals surface area (Å²) >= 11 is 0. The number of ether oxygens (including phenoxy) is 2. The van der Waals surface area contributed by atoms with Gasteiger partial charge < -0.3 is 19.2 Å². The van der Waals surface area contributed by atoms with Crippen molar-refractivity contribution in [1.82, 2.24) is 4.90 Å². The molecule has 0 heterocycles.